The van der Waals surface area contributed by atoms with Gasteiger partial charge in [-0.3, -0.25) is 4.79 Å². The first-order valence-electron chi connectivity index (χ1n) is 7.92. The number of para-hydroxylation sites is 1. The summed E-state index contributed by atoms with van der Waals surface area (Å²) in [4.78, 5) is 24.2. The largest absolute Gasteiger partial charge is 0.422 e. The number of hydrogen-bond donors (Lipinski definition) is 2. The van der Waals surface area contributed by atoms with E-state index in [0.29, 0.717) is 11.0 Å². The van der Waals surface area contributed by atoms with Gasteiger partial charge in [0.15, 0.2) is 0 Å². The number of nitrogens with one attached hydrogen (secondary N) is 1. The summed E-state index contributed by atoms with van der Waals surface area (Å²) in [6, 6.07) is 12.4. The Hall–Kier alpha value is -3.13. The number of carbonyl (C=O) groups excluding carboxylic acids is 1. The number of amides is 1. The number of aliphatic hydroxyl groups is 1. The van der Waals surface area contributed by atoms with Crippen LogP contribution in [0.25, 0.3) is 11.0 Å². The van der Waals surface area contributed by atoms with Crippen LogP contribution in [0.4, 0.5) is 13.2 Å². The Morgan fingerprint density at radius 1 is 1.11 bits per heavy atom. The standard InChI is InChI=1S/C19H14F3NO4/c20-19(21,22)14-7-3-2-6-12(14)15(24)10-23-17(25)13-9-11-5-1-4-8-16(11)27-18(13)26/h1-9,15,24H,10H2,(H,23,25)/t15-/m0/s1. The van der Waals surface area contributed by atoms with Crippen molar-refractivity contribution in [3.63, 3.8) is 0 Å². The molecule has 0 aliphatic rings. The van der Waals surface area contributed by atoms with Gasteiger partial charge in [0.25, 0.3) is 5.91 Å². The second-order valence-corrected chi connectivity index (χ2v) is 5.80. The molecular weight excluding hydrogens is 363 g/mol. The first-order valence-corrected chi connectivity index (χ1v) is 7.92. The third-order valence-corrected chi connectivity index (χ3v) is 3.97. The number of halogens is 3. The zero-order valence-corrected chi connectivity index (χ0v) is 13.8. The fraction of sp³-hybridized carbons (Fsp3) is 0.158. The molecule has 3 rings (SSSR count). The maximum absolute atomic E-state index is 13.0. The minimum absolute atomic E-state index is 0.301. The average Bonchev–Trinajstić information content (AvgIpc) is 2.64. The van der Waals surface area contributed by atoms with E-state index in [1.807, 2.05) is 0 Å². The molecule has 1 heterocycles. The van der Waals surface area contributed by atoms with Crippen LogP contribution in [0, 0.1) is 0 Å². The van der Waals surface area contributed by atoms with Gasteiger partial charge in [-0.05, 0) is 23.8 Å². The topological polar surface area (TPSA) is 79.5 Å². The third kappa shape index (κ3) is 4.01. The zero-order chi connectivity index (χ0) is 19.6. The molecule has 140 valence electrons. The van der Waals surface area contributed by atoms with Crippen LogP contribution < -0.4 is 10.9 Å². The zero-order valence-electron chi connectivity index (χ0n) is 13.8. The average molecular weight is 377 g/mol. The van der Waals surface area contributed by atoms with Crippen molar-refractivity contribution in [2.75, 3.05) is 6.54 Å². The van der Waals surface area contributed by atoms with Gasteiger partial charge >= 0.3 is 11.8 Å². The van der Waals surface area contributed by atoms with Crippen molar-refractivity contribution in [1.82, 2.24) is 5.32 Å². The van der Waals surface area contributed by atoms with Gasteiger partial charge < -0.3 is 14.8 Å². The van der Waals surface area contributed by atoms with Crippen molar-refractivity contribution in [2.24, 2.45) is 0 Å². The summed E-state index contributed by atoms with van der Waals surface area (Å²) in [5, 5.41) is 12.9. The van der Waals surface area contributed by atoms with Crippen molar-refractivity contribution in [2.45, 2.75) is 12.3 Å². The Balaban J connectivity index is 1.79. The van der Waals surface area contributed by atoms with E-state index in [4.69, 9.17) is 4.42 Å². The summed E-state index contributed by atoms with van der Waals surface area (Å²) in [7, 11) is 0. The molecule has 8 heteroatoms. The molecular formula is C19H14F3NO4. The number of alkyl halides is 3. The fourth-order valence-electron chi connectivity index (χ4n) is 2.66. The predicted octanol–water partition coefficient (Wildman–Crippen LogP) is 3.28. The smallest absolute Gasteiger partial charge is 0.416 e. The molecule has 0 saturated carbocycles. The summed E-state index contributed by atoms with van der Waals surface area (Å²) in [5.74, 6) is -0.849. The summed E-state index contributed by atoms with van der Waals surface area (Å²) >= 11 is 0. The number of carbonyl (C=O) groups is 1. The van der Waals surface area contributed by atoms with E-state index in [1.165, 1.54) is 18.2 Å². The van der Waals surface area contributed by atoms with E-state index in [1.54, 1.807) is 24.3 Å². The molecule has 0 fully saturated rings. The molecule has 0 unspecified atom stereocenters. The van der Waals surface area contributed by atoms with Crippen molar-refractivity contribution in [1.29, 1.82) is 0 Å². The Bertz CT molecular complexity index is 1040. The highest BCUT2D eigenvalue weighted by Gasteiger charge is 2.34. The van der Waals surface area contributed by atoms with Gasteiger partial charge in [-0.15, -0.1) is 0 Å². The third-order valence-electron chi connectivity index (χ3n) is 3.97. The van der Waals surface area contributed by atoms with Gasteiger partial charge in [0.1, 0.15) is 11.1 Å². The molecule has 1 amide bonds. The maximum Gasteiger partial charge on any atom is 0.416 e. The van der Waals surface area contributed by atoms with Crippen molar-refractivity contribution in [3.8, 4) is 0 Å². The van der Waals surface area contributed by atoms with E-state index < -0.39 is 35.9 Å². The first kappa shape index (κ1) is 18.7. The maximum atomic E-state index is 13.0. The Kier molecular flexibility index (Phi) is 5.00. The SMILES string of the molecule is O=C(NC[C@H](O)c1ccccc1C(F)(F)F)c1cc2ccccc2oc1=O. The van der Waals surface area contributed by atoms with E-state index in [-0.39, 0.29) is 11.1 Å². The number of fused-ring (bicyclic) bond motifs is 1. The monoisotopic (exact) mass is 377 g/mol. The van der Waals surface area contributed by atoms with E-state index in [0.717, 1.165) is 12.1 Å². The second kappa shape index (κ2) is 7.24. The van der Waals surface area contributed by atoms with Crippen molar-refractivity contribution < 1.29 is 27.5 Å². The lowest BCUT2D eigenvalue weighted by molar-refractivity contribution is -0.139. The van der Waals surface area contributed by atoms with Crippen LogP contribution in [-0.4, -0.2) is 17.6 Å². The summed E-state index contributed by atoms with van der Waals surface area (Å²) in [6.07, 6.45) is -6.24. The van der Waals surface area contributed by atoms with Crippen LogP contribution in [0.1, 0.15) is 27.6 Å². The minimum atomic E-state index is -4.64. The van der Waals surface area contributed by atoms with E-state index in [9.17, 15) is 27.9 Å². The van der Waals surface area contributed by atoms with Gasteiger partial charge in [0.2, 0.25) is 0 Å². The van der Waals surface area contributed by atoms with Gasteiger partial charge in [-0.25, -0.2) is 4.79 Å². The highest BCUT2D eigenvalue weighted by Crippen LogP contribution is 2.34. The number of benzene rings is 2. The highest BCUT2D eigenvalue weighted by atomic mass is 19.4. The van der Waals surface area contributed by atoms with Crippen LogP contribution in [0.5, 0.6) is 0 Å². The number of aliphatic hydroxyl groups excluding tert-OH is 1. The molecule has 2 N–H and O–H groups in total. The Morgan fingerprint density at radius 3 is 2.52 bits per heavy atom. The van der Waals surface area contributed by atoms with Crippen LogP contribution in [-0.2, 0) is 6.18 Å². The number of hydrogen-bond acceptors (Lipinski definition) is 4. The van der Waals surface area contributed by atoms with Crippen molar-refractivity contribution >= 4 is 16.9 Å². The molecule has 27 heavy (non-hydrogen) atoms. The first-order chi connectivity index (χ1) is 12.8. The molecule has 0 aliphatic carbocycles. The Labute approximate surface area is 151 Å². The van der Waals surface area contributed by atoms with Crippen LogP contribution in [0.2, 0.25) is 0 Å². The highest BCUT2D eigenvalue weighted by molar-refractivity contribution is 5.96. The lowest BCUT2D eigenvalue weighted by atomic mass is 10.0. The fourth-order valence-corrected chi connectivity index (χ4v) is 2.66. The van der Waals surface area contributed by atoms with Gasteiger partial charge in [0.05, 0.1) is 11.7 Å². The normalized spacial score (nSPS) is 12.7. The summed E-state index contributed by atoms with van der Waals surface area (Å²) in [5.41, 5.74) is -2.23. The predicted molar refractivity (Wildman–Crippen MR) is 91.2 cm³/mol. The molecule has 0 spiro atoms. The molecule has 1 aromatic heterocycles. The minimum Gasteiger partial charge on any atom is -0.422 e. The molecule has 2 aromatic carbocycles. The molecule has 0 saturated heterocycles. The van der Waals surface area contributed by atoms with Crippen LogP contribution in [0.15, 0.2) is 63.8 Å². The molecule has 5 nitrogen and oxygen atoms in total. The molecule has 1 atom stereocenters. The Morgan fingerprint density at radius 2 is 1.78 bits per heavy atom. The molecule has 0 aliphatic heterocycles. The van der Waals surface area contributed by atoms with Crippen LogP contribution in [0.3, 0.4) is 0 Å². The summed E-state index contributed by atoms with van der Waals surface area (Å²) < 4.78 is 44.1. The van der Waals surface area contributed by atoms with Crippen molar-refractivity contribution in [3.05, 3.63) is 81.7 Å². The quantitative estimate of drug-likeness (QED) is 0.684. The molecule has 0 bridgehead atoms. The lowest BCUT2D eigenvalue weighted by Crippen LogP contribution is -2.32. The van der Waals surface area contributed by atoms with E-state index >= 15 is 0 Å². The van der Waals surface area contributed by atoms with E-state index in [2.05, 4.69) is 5.32 Å². The lowest BCUT2D eigenvalue weighted by Gasteiger charge is -2.17. The van der Waals surface area contributed by atoms with Gasteiger partial charge in [0, 0.05) is 11.9 Å². The summed E-state index contributed by atoms with van der Waals surface area (Å²) in [6.45, 7) is -0.502. The molecule has 0 radical (unpaired) electrons. The van der Waals surface area contributed by atoms with Gasteiger partial charge in [-0.1, -0.05) is 36.4 Å². The van der Waals surface area contributed by atoms with Crippen LogP contribution >= 0.6 is 0 Å². The number of rotatable bonds is 4. The van der Waals surface area contributed by atoms with Gasteiger partial charge in [-0.2, -0.15) is 13.2 Å². The molecule has 3 aromatic rings. The second-order valence-electron chi connectivity index (χ2n) is 5.80.